The first-order valence-electron chi connectivity index (χ1n) is 38.1. The molecule has 41 nitrogen and oxygen atoms in total. The maximum absolute atomic E-state index is 14.4. The second kappa shape index (κ2) is 50.8. The molecule has 3 aromatic carbocycles. The molecule has 7 rings (SSSR count). The molecule has 0 bridgehead atoms. The van der Waals surface area contributed by atoms with Gasteiger partial charge >= 0.3 is 384 Å². The number of nitrogen functional groups attached to an aromatic ring is 1. The number of fused-ring (bicyclic) bond motifs is 1. The third-order valence-corrected chi connectivity index (χ3v) is 21.6. The van der Waals surface area contributed by atoms with Gasteiger partial charge in [-0.15, -0.1) is 0 Å². The Labute approximate surface area is 730 Å². The number of nitrogens with two attached hydrogens (primary N) is 1. The fourth-order valence-electron chi connectivity index (χ4n) is 10.9. The van der Waals surface area contributed by atoms with Crippen LogP contribution in [-0.2, 0) is 80.2 Å². The fourth-order valence-corrected chi connectivity index (χ4v) is 15.1. The van der Waals surface area contributed by atoms with E-state index in [0.29, 0.717) is 49.6 Å². The van der Waals surface area contributed by atoms with E-state index in [2.05, 4.69) is 111 Å². The quantitative estimate of drug-likeness (QED) is 0.0107. The number of hydrogen-bond acceptors (Lipinski definition) is 30. The number of H-pyrrole nitrogens is 1. The predicted molar refractivity (Wildman–Crippen MR) is 458 cm³/mol. The van der Waals surface area contributed by atoms with Crippen LogP contribution >= 0.6 is 43.2 Å². The molecule has 10 amide bonds. The van der Waals surface area contributed by atoms with Gasteiger partial charge in [-0.25, -0.2) is 14.8 Å². The van der Waals surface area contributed by atoms with Gasteiger partial charge in [0.1, 0.15) is 30.2 Å². The minimum atomic E-state index is -2.27. The van der Waals surface area contributed by atoms with E-state index in [0.717, 1.165) is 55.6 Å². The molecular formula is C78H86B2N20O21S4. The van der Waals surface area contributed by atoms with Crippen molar-refractivity contribution in [1.29, 1.82) is 0 Å². The van der Waals surface area contributed by atoms with E-state index in [1.54, 1.807) is 72.8 Å². The summed E-state index contributed by atoms with van der Waals surface area (Å²) < 4.78 is 23.6. The number of nitrogens with one attached hydrogen (secondary N) is 12. The number of benzene rings is 3. The normalized spacial score (nSPS) is 12.9. The fraction of sp³-hybridized carbons (Fsp3) is 0.359. The van der Waals surface area contributed by atoms with E-state index in [1.807, 2.05) is 38.3 Å². The van der Waals surface area contributed by atoms with Gasteiger partial charge in [0, 0.05) is 35.7 Å². The molecule has 0 fully saturated rings. The Balaban J connectivity index is 0.981. The van der Waals surface area contributed by atoms with Gasteiger partial charge in [0.25, 0.3) is 11.5 Å². The Bertz CT molecular complexity index is 5230. The average Bonchev–Trinajstić information content (AvgIpc) is 0.808. The minimum absolute atomic E-state index is 0.00671. The van der Waals surface area contributed by atoms with E-state index in [-0.39, 0.29) is 100 Å². The zero-order valence-electron chi connectivity index (χ0n) is 67.2. The second-order valence-corrected chi connectivity index (χ2v) is 33.0. The van der Waals surface area contributed by atoms with Gasteiger partial charge in [0.05, 0.1) is 37.7 Å². The first-order valence-corrected chi connectivity index (χ1v) is 43.1. The van der Waals surface area contributed by atoms with Crippen molar-refractivity contribution in [1.82, 2.24) is 93.0 Å². The Hall–Kier alpha value is -13.5. The van der Waals surface area contributed by atoms with Gasteiger partial charge in [-0.2, -0.15) is 4.98 Å². The summed E-state index contributed by atoms with van der Waals surface area (Å²) in [5, 5.41) is 66.7. The number of aromatic nitrogens is 8. The standard InChI is InChI=1S/C78H86B2N20O21S4/c1-41(2)26-59(79-120)97-68(109)50(23-17-43-12-7-5-8-13-43)91-73(114)55-35-84-48(33-86-55)37-122-124-39-57(90-61(101)16-11-25-82-67(108)45-19-21-46(22-20-45)83-31-47-32-88-66-65(89-47)76(117)100-78(81)99-66)75(116)95-53(29-63(104)105)71(112)93-52(28-62(102)103)70(111)94-54(30-64(106)107)72(113)96-58(77(118)119)40-125-123-38-49-34-87-56(36-85-49)74(115)92-51(24-18-44-14-9-6-10-15-44)69(110)98-60(80-121)27-42(3)4/h5-10,12-15,19-22,32-36,41-42,50-54,57-60,83H,11,16,25-31,37-40H2,1-4H3,(H,82,108)(H,90,101)(H,91,114)(H,92,115)(H,93,112)(H,94,111)(H,95,116)(H,96,113)(H,97,109)(H,98,110)(H,102,103)(H,104,105)(H,106,107)(H,118,119)(H3,81,88,99,100,117). The van der Waals surface area contributed by atoms with Gasteiger partial charge < -0.3 is 63.4 Å². The molecule has 7 aromatic rings. The van der Waals surface area contributed by atoms with Gasteiger partial charge in [-0.3, -0.25) is 52.9 Å². The molecule has 0 spiro atoms. The van der Waals surface area contributed by atoms with Crippen LogP contribution in [0.25, 0.3) is 11.2 Å². The number of carboxylic acids is 4. The SMILES string of the molecule is CC(C)CC(B=O)NC(=O)C(C#Cc1ccccc1)NC(=O)c1cnc(CSSCC(NC(=O)C(CC(=O)O)NC(=O)C(CC(=O)O)NC(=O)C(CC(=O)O)NC(=O)C(CSSCc2cnc(C(=O)NC(C#Cc3ccccc3)C(=O)NC(B=O)CC(C)C)cn2)NC(=O)CCCNC(=O)c2ccc(NCc3cnc4nc(N)[nH]c(=O)c4n3)cc2)C(=O)O)cn1. The molecule has 125 heavy (non-hydrogen) atoms. The molecule has 654 valence electrons. The molecule has 0 aliphatic rings. The van der Waals surface area contributed by atoms with Crippen LogP contribution in [-0.4, -0.2) is 230 Å². The van der Waals surface area contributed by atoms with Crippen LogP contribution < -0.4 is 69.8 Å². The third-order valence-electron chi connectivity index (χ3n) is 17.0. The van der Waals surface area contributed by atoms with E-state index >= 15 is 0 Å². The molecule has 9 unspecified atom stereocenters. The maximum atomic E-state index is 14.4. The number of amides is 10. The van der Waals surface area contributed by atoms with E-state index in [4.69, 9.17) is 5.73 Å². The average molecular weight is 1790 g/mol. The summed E-state index contributed by atoms with van der Waals surface area (Å²) in [6.07, 6.45) is 2.49. The van der Waals surface area contributed by atoms with Crippen molar-refractivity contribution < 1.29 is 97.0 Å². The molecule has 0 aliphatic heterocycles. The summed E-state index contributed by atoms with van der Waals surface area (Å²) in [6.45, 7) is 7.46. The van der Waals surface area contributed by atoms with Crippen molar-refractivity contribution in [3.05, 3.63) is 171 Å². The number of rotatable bonds is 48. The van der Waals surface area contributed by atoms with Crippen LogP contribution in [0.2, 0.25) is 0 Å². The zero-order chi connectivity index (χ0) is 91.1. The number of nitrogens with zero attached hydrogens (tertiary/aromatic N) is 7. The first kappa shape index (κ1) is 98.6. The van der Waals surface area contributed by atoms with Crippen LogP contribution in [0, 0.1) is 35.5 Å². The number of hydrogen-bond donors (Lipinski definition) is 17. The molecule has 0 aliphatic carbocycles. The van der Waals surface area contributed by atoms with Gasteiger partial charge in [-0.1, -0.05) is 21.6 Å². The molecule has 9 atom stereocenters. The summed E-state index contributed by atoms with van der Waals surface area (Å²) in [7, 11) is 5.00. The van der Waals surface area contributed by atoms with Crippen molar-refractivity contribution in [2.45, 2.75) is 145 Å². The number of aromatic amines is 1. The van der Waals surface area contributed by atoms with Crippen LogP contribution in [0.4, 0.5) is 11.6 Å². The van der Waals surface area contributed by atoms with Gasteiger partial charge in [0.15, 0.2) is 11.2 Å². The second-order valence-electron chi connectivity index (χ2n) is 28.0. The molecule has 0 radical (unpaired) electrons. The molecule has 0 saturated carbocycles. The first-order chi connectivity index (χ1) is 59.7. The number of anilines is 2. The third kappa shape index (κ3) is 34.7. The molecule has 4 aromatic heterocycles. The number of carboxylic acid groups (broad SMARTS) is 4. The van der Waals surface area contributed by atoms with Crippen molar-refractivity contribution in [2.75, 3.05) is 29.1 Å². The Kier molecular flexibility index (Phi) is 40.0. The van der Waals surface area contributed by atoms with Crippen molar-refractivity contribution in [3.8, 4) is 23.7 Å². The number of aliphatic carboxylic acids is 4. The van der Waals surface area contributed by atoms with Crippen molar-refractivity contribution in [3.63, 3.8) is 0 Å². The predicted octanol–water partition coefficient (Wildman–Crippen LogP) is 0.470. The van der Waals surface area contributed by atoms with Gasteiger partial charge in [-0.05, 0) is 30.7 Å². The summed E-state index contributed by atoms with van der Waals surface area (Å²) in [4.78, 5) is 230. The van der Waals surface area contributed by atoms with Gasteiger partial charge in [0.2, 0.25) is 35.5 Å². The number of carbonyl (C=O) groups excluding carboxylic acids is 10. The van der Waals surface area contributed by atoms with Crippen molar-refractivity contribution in [2.24, 2.45) is 11.8 Å². The molecule has 4 heterocycles. The topological polar surface area (TPSA) is 635 Å². The Morgan fingerprint density at radius 3 is 1.34 bits per heavy atom. The monoisotopic (exact) mass is 1790 g/mol. The summed E-state index contributed by atoms with van der Waals surface area (Å²) in [5.74, 6) is -8.65. The van der Waals surface area contributed by atoms with Crippen LogP contribution in [0.15, 0.2) is 121 Å². The Morgan fingerprint density at radius 2 is 0.920 bits per heavy atom. The van der Waals surface area contributed by atoms with E-state index in [1.165, 1.54) is 30.7 Å². The van der Waals surface area contributed by atoms with Crippen LogP contribution in [0.3, 0.4) is 0 Å². The van der Waals surface area contributed by atoms with Crippen LogP contribution in [0.1, 0.15) is 132 Å². The van der Waals surface area contributed by atoms with E-state index < -0.39 is 168 Å². The molecule has 47 heteroatoms. The van der Waals surface area contributed by atoms with E-state index in [9.17, 15) is 102 Å². The Morgan fingerprint density at radius 1 is 0.480 bits per heavy atom. The molecule has 18 N–H and O–H groups in total. The summed E-state index contributed by atoms with van der Waals surface area (Å²) in [5.41, 5.74) is 7.32. The molecule has 0 saturated heterocycles. The number of carbonyl (C=O) groups is 14. The summed E-state index contributed by atoms with van der Waals surface area (Å²) >= 11 is 0. The molecular weight excluding hydrogens is 1700 g/mol. The van der Waals surface area contributed by atoms with Crippen LogP contribution in [0.5, 0.6) is 0 Å². The zero-order valence-corrected chi connectivity index (χ0v) is 70.5. The summed E-state index contributed by atoms with van der Waals surface area (Å²) in [6, 6.07) is 10.4. The van der Waals surface area contributed by atoms with Crippen molar-refractivity contribution >= 4 is 163 Å².